The predicted molar refractivity (Wildman–Crippen MR) is 78.2 cm³/mol. The zero-order chi connectivity index (χ0) is 13.5. The van der Waals surface area contributed by atoms with Crippen LogP contribution in [-0.2, 0) is 12.8 Å². The number of nitrogens with zero attached hydrogens (tertiary/aromatic N) is 2. The second-order valence-electron chi connectivity index (χ2n) is 5.66. The molecule has 0 aromatic carbocycles. The molecule has 20 heavy (non-hydrogen) atoms. The molecule has 1 aliphatic heterocycles. The van der Waals surface area contributed by atoms with Gasteiger partial charge in [-0.05, 0) is 43.4 Å². The number of hydrogen-bond acceptors (Lipinski definition) is 3. The Morgan fingerprint density at radius 1 is 1.45 bits per heavy atom. The first-order valence-electron chi connectivity index (χ1n) is 7.21. The molecule has 2 aromatic rings. The number of fused-ring (bicyclic) bond motifs is 1. The molecule has 1 amide bonds. The van der Waals surface area contributed by atoms with Crippen LogP contribution in [0.4, 0.5) is 0 Å². The van der Waals surface area contributed by atoms with Crippen LogP contribution in [0.15, 0.2) is 18.3 Å². The fraction of sp³-hybridized carbons (Fsp3) is 0.467. The Morgan fingerprint density at radius 3 is 3.20 bits per heavy atom. The summed E-state index contributed by atoms with van der Waals surface area (Å²) in [4.78, 5) is 16.9. The van der Waals surface area contributed by atoms with Crippen LogP contribution >= 0.6 is 11.3 Å². The van der Waals surface area contributed by atoms with Gasteiger partial charge in [0.2, 0.25) is 0 Å². The highest BCUT2D eigenvalue weighted by Crippen LogP contribution is 2.33. The van der Waals surface area contributed by atoms with Gasteiger partial charge in [-0.2, -0.15) is 5.10 Å². The number of carbonyl (C=O) groups excluding carboxylic acids is 1. The molecular weight excluding hydrogens is 270 g/mol. The van der Waals surface area contributed by atoms with Crippen molar-refractivity contribution in [1.29, 1.82) is 0 Å². The van der Waals surface area contributed by atoms with Crippen molar-refractivity contribution in [2.45, 2.75) is 31.6 Å². The van der Waals surface area contributed by atoms with E-state index < -0.39 is 0 Å². The number of thiophene rings is 1. The molecular formula is C15H17N3OS. The summed E-state index contributed by atoms with van der Waals surface area (Å²) in [5.41, 5.74) is 2.55. The van der Waals surface area contributed by atoms with Crippen LogP contribution in [0.2, 0.25) is 0 Å². The molecule has 1 atom stereocenters. The minimum absolute atomic E-state index is 0.214. The molecule has 2 aliphatic rings. The predicted octanol–water partition coefficient (Wildman–Crippen LogP) is 2.59. The van der Waals surface area contributed by atoms with E-state index in [9.17, 15) is 4.79 Å². The van der Waals surface area contributed by atoms with Gasteiger partial charge in [-0.25, -0.2) is 0 Å². The molecule has 5 heteroatoms. The molecule has 1 fully saturated rings. The summed E-state index contributed by atoms with van der Waals surface area (Å²) in [7, 11) is 0. The van der Waals surface area contributed by atoms with E-state index in [1.807, 2.05) is 11.0 Å². The minimum atomic E-state index is 0.214. The molecule has 2 aromatic heterocycles. The molecule has 1 saturated heterocycles. The smallest absolute Gasteiger partial charge is 0.263 e. The molecule has 0 saturated carbocycles. The lowest BCUT2D eigenvalue weighted by Crippen LogP contribution is -2.27. The zero-order valence-corrected chi connectivity index (χ0v) is 12.1. The third-order valence-electron chi connectivity index (χ3n) is 4.39. The molecule has 0 spiro atoms. The van der Waals surface area contributed by atoms with E-state index in [1.165, 1.54) is 16.9 Å². The number of aryl methyl sites for hydroxylation is 2. The summed E-state index contributed by atoms with van der Waals surface area (Å²) in [6.07, 6.45) is 6.36. The topological polar surface area (TPSA) is 49.0 Å². The molecule has 3 heterocycles. The Balaban J connectivity index is 1.49. The monoisotopic (exact) mass is 287 g/mol. The van der Waals surface area contributed by atoms with Gasteiger partial charge in [0.05, 0.1) is 4.88 Å². The van der Waals surface area contributed by atoms with Gasteiger partial charge in [0.15, 0.2) is 0 Å². The number of carbonyl (C=O) groups is 1. The summed E-state index contributed by atoms with van der Waals surface area (Å²) in [5.74, 6) is 0.625. The van der Waals surface area contributed by atoms with Crippen LogP contribution in [0.3, 0.4) is 0 Å². The molecule has 1 N–H and O–H groups in total. The largest absolute Gasteiger partial charge is 0.337 e. The quantitative estimate of drug-likeness (QED) is 0.923. The second kappa shape index (κ2) is 4.74. The van der Waals surface area contributed by atoms with E-state index in [1.54, 1.807) is 17.5 Å². The highest BCUT2D eigenvalue weighted by atomic mass is 32.1. The third kappa shape index (κ3) is 1.97. The van der Waals surface area contributed by atoms with Gasteiger partial charge in [-0.3, -0.25) is 9.89 Å². The van der Waals surface area contributed by atoms with E-state index in [0.717, 1.165) is 42.9 Å². The standard InChI is InChI=1S/C15H17N3OS/c19-15(14-8-10-2-1-3-13(10)20-14)18-7-5-11(9-18)12-4-6-16-17-12/h4,6,8,11H,1-3,5,7,9H2,(H,16,17). The third-order valence-corrected chi connectivity index (χ3v) is 5.62. The van der Waals surface area contributed by atoms with Gasteiger partial charge in [0.1, 0.15) is 0 Å². The van der Waals surface area contributed by atoms with Crippen molar-refractivity contribution in [2.75, 3.05) is 13.1 Å². The number of hydrogen-bond donors (Lipinski definition) is 1. The number of amides is 1. The summed E-state index contributed by atoms with van der Waals surface area (Å²) < 4.78 is 0. The van der Waals surface area contributed by atoms with Crippen LogP contribution in [-0.4, -0.2) is 34.1 Å². The normalized spacial score (nSPS) is 21.4. The first kappa shape index (κ1) is 12.1. The van der Waals surface area contributed by atoms with Gasteiger partial charge < -0.3 is 4.90 Å². The Bertz CT molecular complexity index is 610. The SMILES string of the molecule is O=C(c1cc2c(s1)CCC2)N1CCC(c2ccn[nH]2)C1. The Hall–Kier alpha value is -1.62. The average molecular weight is 287 g/mol. The lowest BCUT2D eigenvalue weighted by Gasteiger charge is -2.15. The van der Waals surface area contributed by atoms with E-state index >= 15 is 0 Å². The lowest BCUT2D eigenvalue weighted by molar-refractivity contribution is 0.0795. The van der Waals surface area contributed by atoms with E-state index in [2.05, 4.69) is 16.3 Å². The van der Waals surface area contributed by atoms with E-state index in [4.69, 9.17) is 0 Å². The number of nitrogens with one attached hydrogen (secondary N) is 1. The molecule has 0 radical (unpaired) electrons. The Labute approximate surface area is 121 Å². The molecule has 4 rings (SSSR count). The molecule has 1 unspecified atom stereocenters. The second-order valence-corrected chi connectivity index (χ2v) is 6.80. The van der Waals surface area contributed by atoms with Crippen LogP contribution in [0.25, 0.3) is 0 Å². The molecule has 104 valence electrons. The first-order chi connectivity index (χ1) is 9.81. The molecule has 1 aliphatic carbocycles. The average Bonchev–Trinajstić information content (AvgIpc) is 3.19. The van der Waals surface area contributed by atoms with Crippen molar-refractivity contribution in [3.8, 4) is 0 Å². The van der Waals surface area contributed by atoms with Gasteiger partial charge in [0, 0.05) is 35.8 Å². The lowest BCUT2D eigenvalue weighted by atomic mass is 10.1. The number of likely N-dealkylation sites (tertiary alicyclic amines) is 1. The highest BCUT2D eigenvalue weighted by Gasteiger charge is 2.30. The minimum Gasteiger partial charge on any atom is -0.337 e. The number of aromatic amines is 1. The zero-order valence-electron chi connectivity index (χ0n) is 11.3. The van der Waals surface area contributed by atoms with Crippen molar-refractivity contribution < 1.29 is 4.79 Å². The number of aromatic nitrogens is 2. The van der Waals surface area contributed by atoms with Crippen LogP contribution < -0.4 is 0 Å². The van der Waals surface area contributed by atoms with Crippen LogP contribution in [0.1, 0.15) is 44.6 Å². The van der Waals surface area contributed by atoms with Crippen LogP contribution in [0, 0.1) is 0 Å². The van der Waals surface area contributed by atoms with E-state index in [0.29, 0.717) is 5.92 Å². The molecule has 0 bridgehead atoms. The Morgan fingerprint density at radius 2 is 2.40 bits per heavy atom. The fourth-order valence-corrected chi connectivity index (χ4v) is 4.50. The van der Waals surface area contributed by atoms with Crippen LogP contribution in [0.5, 0.6) is 0 Å². The van der Waals surface area contributed by atoms with Crippen molar-refractivity contribution in [1.82, 2.24) is 15.1 Å². The van der Waals surface area contributed by atoms with Crippen molar-refractivity contribution in [2.24, 2.45) is 0 Å². The highest BCUT2D eigenvalue weighted by molar-refractivity contribution is 7.14. The number of rotatable bonds is 2. The number of H-pyrrole nitrogens is 1. The van der Waals surface area contributed by atoms with Gasteiger partial charge in [0.25, 0.3) is 5.91 Å². The maximum absolute atomic E-state index is 12.6. The van der Waals surface area contributed by atoms with Gasteiger partial charge >= 0.3 is 0 Å². The summed E-state index contributed by atoms with van der Waals surface area (Å²) in [5, 5.41) is 7.03. The van der Waals surface area contributed by atoms with Crippen molar-refractivity contribution in [3.05, 3.63) is 39.3 Å². The first-order valence-corrected chi connectivity index (χ1v) is 8.03. The summed E-state index contributed by atoms with van der Waals surface area (Å²) in [6, 6.07) is 4.14. The van der Waals surface area contributed by atoms with Gasteiger partial charge in [-0.1, -0.05) is 0 Å². The fourth-order valence-electron chi connectivity index (χ4n) is 3.28. The Kier molecular flexibility index (Phi) is 2.88. The van der Waals surface area contributed by atoms with Crippen molar-refractivity contribution >= 4 is 17.2 Å². The van der Waals surface area contributed by atoms with Gasteiger partial charge in [-0.15, -0.1) is 11.3 Å². The summed E-state index contributed by atoms with van der Waals surface area (Å²) in [6.45, 7) is 1.66. The molecule has 4 nitrogen and oxygen atoms in total. The summed E-state index contributed by atoms with van der Waals surface area (Å²) >= 11 is 1.70. The van der Waals surface area contributed by atoms with Crippen molar-refractivity contribution in [3.63, 3.8) is 0 Å². The van der Waals surface area contributed by atoms with E-state index in [-0.39, 0.29) is 5.91 Å². The maximum atomic E-state index is 12.6. The maximum Gasteiger partial charge on any atom is 0.263 e.